The number of pyridine rings is 1. The molecule has 2 heteroatoms. The number of anilines is 1. The number of aromatic nitrogens is 1. The van der Waals surface area contributed by atoms with Crippen LogP contribution in [0.15, 0.2) is 18.2 Å². The first-order valence-electron chi connectivity index (χ1n) is 4.42. The number of hydrogen-bond acceptors (Lipinski definition) is 2. The van der Waals surface area contributed by atoms with E-state index in [2.05, 4.69) is 30.2 Å². The molecule has 1 aromatic heterocycles. The van der Waals surface area contributed by atoms with E-state index in [9.17, 15) is 0 Å². The molecule has 0 aliphatic rings. The summed E-state index contributed by atoms with van der Waals surface area (Å²) in [5, 5.41) is 3.04. The highest BCUT2D eigenvalue weighted by Crippen LogP contribution is 2.17. The summed E-state index contributed by atoms with van der Waals surface area (Å²) in [4.78, 5) is 4.45. The number of hydrogen-bond donors (Lipinski definition) is 1. The number of rotatable bonds is 3. The van der Waals surface area contributed by atoms with E-state index in [1.807, 2.05) is 19.2 Å². The van der Waals surface area contributed by atoms with Crippen LogP contribution in [0.3, 0.4) is 0 Å². The van der Waals surface area contributed by atoms with Crippen molar-refractivity contribution in [2.75, 3.05) is 12.4 Å². The fraction of sp³-hybridized carbons (Fsp3) is 0.500. The first-order valence-corrected chi connectivity index (χ1v) is 4.42. The summed E-state index contributed by atoms with van der Waals surface area (Å²) in [6.45, 7) is 4.38. The van der Waals surface area contributed by atoms with Gasteiger partial charge in [0.15, 0.2) is 0 Å². The summed E-state index contributed by atoms with van der Waals surface area (Å²) >= 11 is 0. The van der Waals surface area contributed by atoms with E-state index in [0.717, 1.165) is 12.2 Å². The van der Waals surface area contributed by atoms with Crippen LogP contribution in [0.5, 0.6) is 0 Å². The van der Waals surface area contributed by atoms with E-state index in [1.54, 1.807) is 0 Å². The second-order valence-electron chi connectivity index (χ2n) is 3.01. The zero-order valence-electron chi connectivity index (χ0n) is 7.96. The Morgan fingerprint density at radius 3 is 2.83 bits per heavy atom. The maximum Gasteiger partial charge on any atom is 0.125 e. The third-order valence-corrected chi connectivity index (χ3v) is 2.14. The maximum atomic E-state index is 4.45. The first-order chi connectivity index (χ1) is 5.77. The highest BCUT2D eigenvalue weighted by molar-refractivity contribution is 5.34. The predicted octanol–water partition coefficient (Wildman–Crippen LogP) is 2.64. The zero-order chi connectivity index (χ0) is 8.97. The Hall–Kier alpha value is -1.05. The summed E-state index contributed by atoms with van der Waals surface area (Å²) < 4.78 is 0. The van der Waals surface area contributed by atoms with Crippen LogP contribution in [-0.4, -0.2) is 12.0 Å². The third-order valence-electron chi connectivity index (χ3n) is 2.14. The molecule has 12 heavy (non-hydrogen) atoms. The normalized spacial score (nSPS) is 12.6. The lowest BCUT2D eigenvalue weighted by Crippen LogP contribution is -1.98. The van der Waals surface area contributed by atoms with Crippen molar-refractivity contribution in [2.45, 2.75) is 26.2 Å². The minimum absolute atomic E-state index is 0.554. The molecule has 1 atom stereocenters. The molecule has 0 aliphatic carbocycles. The summed E-state index contributed by atoms with van der Waals surface area (Å²) in [6.07, 6.45) is 1.14. The molecular weight excluding hydrogens is 148 g/mol. The minimum Gasteiger partial charge on any atom is -0.373 e. The van der Waals surface area contributed by atoms with Crippen LogP contribution in [0.25, 0.3) is 0 Å². The lowest BCUT2D eigenvalue weighted by atomic mass is 10.0. The Morgan fingerprint density at radius 2 is 2.25 bits per heavy atom. The average Bonchev–Trinajstić information content (AvgIpc) is 2.17. The molecule has 1 rings (SSSR count). The molecule has 0 saturated carbocycles. The van der Waals surface area contributed by atoms with Gasteiger partial charge in [-0.2, -0.15) is 0 Å². The van der Waals surface area contributed by atoms with Crippen molar-refractivity contribution in [1.82, 2.24) is 4.98 Å². The summed E-state index contributed by atoms with van der Waals surface area (Å²) in [5.41, 5.74) is 1.17. The van der Waals surface area contributed by atoms with Crippen molar-refractivity contribution in [3.05, 3.63) is 23.9 Å². The van der Waals surface area contributed by atoms with Gasteiger partial charge in [0.2, 0.25) is 0 Å². The lowest BCUT2D eigenvalue weighted by molar-refractivity contribution is 0.709. The molecule has 0 spiro atoms. The molecular formula is C10H16N2. The molecule has 1 aromatic rings. The Bertz CT molecular complexity index is 245. The van der Waals surface area contributed by atoms with Crippen LogP contribution in [0, 0.1) is 0 Å². The molecule has 66 valence electrons. The van der Waals surface area contributed by atoms with Crippen LogP contribution in [0.1, 0.15) is 31.9 Å². The van der Waals surface area contributed by atoms with Gasteiger partial charge in [-0.3, -0.25) is 0 Å². The molecule has 0 amide bonds. The fourth-order valence-corrected chi connectivity index (χ4v) is 1.07. The van der Waals surface area contributed by atoms with Gasteiger partial charge in [0.05, 0.1) is 0 Å². The monoisotopic (exact) mass is 164 g/mol. The first kappa shape index (κ1) is 9.04. The Balaban J connectivity index is 2.86. The molecule has 0 aliphatic heterocycles. The summed E-state index contributed by atoms with van der Waals surface area (Å²) in [5.74, 6) is 1.51. The van der Waals surface area contributed by atoms with Gasteiger partial charge in [0.25, 0.3) is 0 Å². The lowest BCUT2D eigenvalue weighted by Gasteiger charge is -2.08. The van der Waals surface area contributed by atoms with E-state index in [1.165, 1.54) is 5.69 Å². The summed E-state index contributed by atoms with van der Waals surface area (Å²) in [6, 6.07) is 6.10. The van der Waals surface area contributed by atoms with Crippen molar-refractivity contribution in [2.24, 2.45) is 0 Å². The van der Waals surface area contributed by atoms with Gasteiger partial charge in [0.1, 0.15) is 5.82 Å². The van der Waals surface area contributed by atoms with Gasteiger partial charge in [-0.1, -0.05) is 19.9 Å². The van der Waals surface area contributed by atoms with Gasteiger partial charge >= 0.3 is 0 Å². The van der Waals surface area contributed by atoms with Crippen molar-refractivity contribution < 1.29 is 0 Å². The molecule has 0 radical (unpaired) electrons. The van der Waals surface area contributed by atoms with Crippen molar-refractivity contribution >= 4 is 5.82 Å². The molecule has 1 unspecified atom stereocenters. The van der Waals surface area contributed by atoms with E-state index in [0.29, 0.717) is 5.92 Å². The Morgan fingerprint density at radius 1 is 1.50 bits per heavy atom. The van der Waals surface area contributed by atoms with E-state index in [4.69, 9.17) is 0 Å². The Kier molecular flexibility index (Phi) is 3.09. The molecule has 1 N–H and O–H groups in total. The van der Waals surface area contributed by atoms with Gasteiger partial charge in [-0.15, -0.1) is 0 Å². The number of nitrogens with zero attached hydrogens (tertiary/aromatic N) is 1. The Labute approximate surface area is 74.0 Å². The van der Waals surface area contributed by atoms with E-state index < -0.39 is 0 Å². The molecule has 0 fully saturated rings. The summed E-state index contributed by atoms with van der Waals surface area (Å²) in [7, 11) is 1.89. The van der Waals surface area contributed by atoms with Gasteiger partial charge in [-0.25, -0.2) is 4.98 Å². The predicted molar refractivity (Wildman–Crippen MR) is 52.5 cm³/mol. The van der Waals surface area contributed by atoms with Crippen LogP contribution < -0.4 is 5.32 Å². The van der Waals surface area contributed by atoms with E-state index in [-0.39, 0.29) is 0 Å². The molecule has 0 aromatic carbocycles. The third kappa shape index (κ3) is 1.97. The molecule has 1 heterocycles. The maximum absolute atomic E-state index is 4.45. The minimum atomic E-state index is 0.554. The van der Waals surface area contributed by atoms with Crippen LogP contribution >= 0.6 is 0 Å². The largest absolute Gasteiger partial charge is 0.373 e. The van der Waals surface area contributed by atoms with Gasteiger partial charge < -0.3 is 5.32 Å². The highest BCUT2D eigenvalue weighted by Gasteiger charge is 2.03. The quantitative estimate of drug-likeness (QED) is 0.742. The topological polar surface area (TPSA) is 24.9 Å². The molecule has 0 bridgehead atoms. The van der Waals surface area contributed by atoms with Gasteiger partial charge in [-0.05, 0) is 24.5 Å². The second kappa shape index (κ2) is 4.10. The zero-order valence-corrected chi connectivity index (χ0v) is 7.96. The van der Waals surface area contributed by atoms with Crippen molar-refractivity contribution in [3.63, 3.8) is 0 Å². The van der Waals surface area contributed by atoms with Crippen molar-refractivity contribution in [3.8, 4) is 0 Å². The molecule has 0 saturated heterocycles. The highest BCUT2D eigenvalue weighted by atomic mass is 15.0. The van der Waals surface area contributed by atoms with Crippen molar-refractivity contribution in [1.29, 1.82) is 0 Å². The standard InChI is InChI=1S/C10H16N2/c1-4-8(2)9-6-5-7-10(11-3)12-9/h5-8H,4H2,1-3H3,(H,11,12). The van der Waals surface area contributed by atoms with Crippen LogP contribution in [0.4, 0.5) is 5.82 Å². The SMILES string of the molecule is CCC(C)c1cccc(NC)n1. The van der Waals surface area contributed by atoms with Crippen LogP contribution in [0.2, 0.25) is 0 Å². The number of nitrogens with one attached hydrogen (secondary N) is 1. The van der Waals surface area contributed by atoms with E-state index >= 15 is 0 Å². The second-order valence-corrected chi connectivity index (χ2v) is 3.01. The van der Waals surface area contributed by atoms with Crippen LogP contribution in [-0.2, 0) is 0 Å². The molecule has 2 nitrogen and oxygen atoms in total. The smallest absolute Gasteiger partial charge is 0.125 e. The van der Waals surface area contributed by atoms with Gasteiger partial charge in [0, 0.05) is 12.7 Å². The average molecular weight is 164 g/mol. The fourth-order valence-electron chi connectivity index (χ4n) is 1.07.